The summed E-state index contributed by atoms with van der Waals surface area (Å²) in [6.07, 6.45) is 1.42. The monoisotopic (exact) mass is 430 g/mol. The molecule has 0 aliphatic heterocycles. The van der Waals surface area contributed by atoms with E-state index < -0.39 is 5.91 Å². The minimum atomic E-state index is -0.399. The lowest BCUT2D eigenvalue weighted by atomic mass is 10.1. The van der Waals surface area contributed by atoms with E-state index in [1.807, 2.05) is 6.92 Å². The van der Waals surface area contributed by atoms with E-state index >= 15 is 0 Å². The first kappa shape index (κ1) is 20.9. The molecule has 0 saturated heterocycles. The summed E-state index contributed by atoms with van der Waals surface area (Å²) >= 11 is 0. The Bertz CT molecular complexity index is 1250. The summed E-state index contributed by atoms with van der Waals surface area (Å²) in [6.45, 7) is 1.83. The number of furan rings is 1. The second kappa shape index (κ2) is 9.18. The van der Waals surface area contributed by atoms with E-state index in [0.717, 1.165) is 5.56 Å². The van der Waals surface area contributed by atoms with Gasteiger partial charge in [-0.1, -0.05) is 12.1 Å². The van der Waals surface area contributed by atoms with Crippen LogP contribution in [0, 0.1) is 12.7 Å². The second-order valence-corrected chi connectivity index (χ2v) is 7.00. The fraction of sp³-hybridized carbons (Fsp3) is 0.0400. The van der Waals surface area contributed by atoms with Crippen molar-refractivity contribution in [1.29, 1.82) is 0 Å². The number of carbonyl (C=O) groups excluding carboxylic acids is 2. The topological polar surface area (TPSA) is 80.6 Å². The van der Waals surface area contributed by atoms with Gasteiger partial charge in [0.2, 0.25) is 0 Å². The molecule has 32 heavy (non-hydrogen) atoms. The fourth-order valence-corrected chi connectivity index (χ4v) is 2.97. The molecule has 0 fully saturated rings. The molecule has 4 aromatic rings. The number of anilines is 2. The number of amides is 2. The van der Waals surface area contributed by atoms with Crippen LogP contribution in [0.15, 0.2) is 89.5 Å². The number of benzene rings is 3. The third-order valence-electron chi connectivity index (χ3n) is 4.64. The molecule has 0 spiro atoms. The van der Waals surface area contributed by atoms with Crippen LogP contribution >= 0.6 is 0 Å². The lowest BCUT2D eigenvalue weighted by molar-refractivity contribution is 0.0993. The van der Waals surface area contributed by atoms with Crippen LogP contribution < -0.4 is 15.4 Å². The first-order valence-electron chi connectivity index (χ1n) is 9.78. The van der Waals surface area contributed by atoms with E-state index in [1.54, 1.807) is 66.7 Å². The van der Waals surface area contributed by atoms with Gasteiger partial charge in [0.1, 0.15) is 17.3 Å². The van der Waals surface area contributed by atoms with Crippen molar-refractivity contribution in [2.24, 2.45) is 0 Å². The Labute approximate surface area is 183 Å². The minimum absolute atomic E-state index is 0.180. The van der Waals surface area contributed by atoms with Gasteiger partial charge < -0.3 is 19.8 Å². The molecule has 0 aliphatic carbocycles. The Balaban J connectivity index is 1.42. The van der Waals surface area contributed by atoms with E-state index in [9.17, 15) is 14.0 Å². The fourth-order valence-electron chi connectivity index (χ4n) is 2.97. The number of aryl methyl sites for hydroxylation is 1. The number of rotatable bonds is 6. The van der Waals surface area contributed by atoms with Gasteiger partial charge in [-0.3, -0.25) is 9.59 Å². The summed E-state index contributed by atoms with van der Waals surface area (Å²) in [4.78, 5) is 24.9. The van der Waals surface area contributed by atoms with E-state index in [0.29, 0.717) is 28.4 Å². The van der Waals surface area contributed by atoms with E-state index in [1.165, 1.54) is 18.4 Å². The van der Waals surface area contributed by atoms with Crippen molar-refractivity contribution in [3.8, 4) is 11.5 Å². The van der Waals surface area contributed by atoms with Gasteiger partial charge in [-0.2, -0.15) is 0 Å². The number of hydrogen-bond donors (Lipinski definition) is 2. The van der Waals surface area contributed by atoms with Gasteiger partial charge in [0, 0.05) is 23.0 Å². The van der Waals surface area contributed by atoms with Crippen molar-refractivity contribution in [3.63, 3.8) is 0 Å². The summed E-state index contributed by atoms with van der Waals surface area (Å²) in [5.74, 6) is -0.0525. The molecule has 0 saturated carbocycles. The van der Waals surface area contributed by atoms with Crippen LogP contribution in [0.2, 0.25) is 0 Å². The van der Waals surface area contributed by atoms with Gasteiger partial charge in [0.15, 0.2) is 5.76 Å². The summed E-state index contributed by atoms with van der Waals surface area (Å²) in [5, 5.41) is 5.55. The maximum atomic E-state index is 13.3. The number of hydrogen-bond acceptors (Lipinski definition) is 4. The molecule has 1 aromatic heterocycles. The quantitative estimate of drug-likeness (QED) is 0.392. The largest absolute Gasteiger partial charge is 0.459 e. The second-order valence-electron chi connectivity index (χ2n) is 7.00. The molecule has 0 radical (unpaired) electrons. The number of ether oxygens (including phenoxy) is 1. The molecular formula is C25H19FN2O4. The van der Waals surface area contributed by atoms with Gasteiger partial charge in [-0.05, 0) is 73.2 Å². The van der Waals surface area contributed by atoms with Crippen LogP contribution in [0.25, 0.3) is 0 Å². The Kier molecular flexibility index (Phi) is 5.98. The molecule has 1 heterocycles. The Morgan fingerprint density at radius 3 is 2.38 bits per heavy atom. The number of halogens is 1. The van der Waals surface area contributed by atoms with Crippen LogP contribution in [0.5, 0.6) is 11.5 Å². The van der Waals surface area contributed by atoms with Gasteiger partial charge >= 0.3 is 0 Å². The lowest BCUT2D eigenvalue weighted by Gasteiger charge is -2.11. The SMILES string of the molecule is Cc1ccc(C(=O)Nc2ccc(Oc3cccc(F)c3)cc2)cc1NC(=O)c1ccco1. The number of nitrogens with one attached hydrogen (secondary N) is 2. The molecular weight excluding hydrogens is 411 g/mol. The maximum Gasteiger partial charge on any atom is 0.291 e. The highest BCUT2D eigenvalue weighted by Crippen LogP contribution is 2.24. The van der Waals surface area contributed by atoms with Crippen molar-refractivity contribution in [2.45, 2.75) is 6.92 Å². The zero-order chi connectivity index (χ0) is 22.5. The summed E-state index contributed by atoms with van der Waals surface area (Å²) in [6, 6.07) is 20.8. The van der Waals surface area contributed by atoms with Crippen LogP contribution in [0.3, 0.4) is 0 Å². The lowest BCUT2D eigenvalue weighted by Crippen LogP contribution is -2.15. The molecule has 0 aliphatic rings. The van der Waals surface area contributed by atoms with Crippen molar-refractivity contribution < 1.29 is 23.1 Å². The molecule has 0 bridgehead atoms. The number of carbonyl (C=O) groups is 2. The predicted molar refractivity (Wildman–Crippen MR) is 119 cm³/mol. The Hall–Kier alpha value is -4.39. The van der Waals surface area contributed by atoms with Crippen LogP contribution in [0.1, 0.15) is 26.5 Å². The Morgan fingerprint density at radius 2 is 1.66 bits per heavy atom. The van der Waals surface area contributed by atoms with E-state index in [4.69, 9.17) is 9.15 Å². The van der Waals surface area contributed by atoms with Gasteiger partial charge in [0.25, 0.3) is 11.8 Å². The zero-order valence-corrected chi connectivity index (χ0v) is 17.1. The molecule has 7 heteroatoms. The smallest absolute Gasteiger partial charge is 0.291 e. The first-order valence-corrected chi connectivity index (χ1v) is 9.78. The first-order chi connectivity index (χ1) is 15.5. The molecule has 160 valence electrons. The predicted octanol–water partition coefficient (Wildman–Crippen LogP) is 6.02. The molecule has 2 N–H and O–H groups in total. The average Bonchev–Trinajstić information content (AvgIpc) is 3.32. The highest BCUT2D eigenvalue weighted by molar-refractivity contribution is 6.07. The molecule has 4 rings (SSSR count). The van der Waals surface area contributed by atoms with Crippen molar-refractivity contribution in [3.05, 3.63) is 108 Å². The van der Waals surface area contributed by atoms with Crippen molar-refractivity contribution in [1.82, 2.24) is 0 Å². The third kappa shape index (κ3) is 5.02. The summed E-state index contributed by atoms with van der Waals surface area (Å²) in [7, 11) is 0. The average molecular weight is 430 g/mol. The van der Waals surface area contributed by atoms with Gasteiger partial charge in [-0.25, -0.2) is 4.39 Å². The van der Waals surface area contributed by atoms with Crippen molar-refractivity contribution >= 4 is 23.2 Å². The van der Waals surface area contributed by atoms with Gasteiger partial charge in [0.05, 0.1) is 6.26 Å². The van der Waals surface area contributed by atoms with Gasteiger partial charge in [-0.15, -0.1) is 0 Å². The van der Waals surface area contributed by atoms with Crippen LogP contribution in [-0.4, -0.2) is 11.8 Å². The third-order valence-corrected chi connectivity index (χ3v) is 4.64. The summed E-state index contributed by atoms with van der Waals surface area (Å²) in [5.41, 5.74) is 2.26. The molecule has 2 amide bonds. The van der Waals surface area contributed by atoms with Crippen LogP contribution in [0.4, 0.5) is 15.8 Å². The highest BCUT2D eigenvalue weighted by atomic mass is 19.1. The summed E-state index contributed by atoms with van der Waals surface area (Å²) < 4.78 is 24.0. The Morgan fingerprint density at radius 1 is 0.844 bits per heavy atom. The molecule has 6 nitrogen and oxygen atoms in total. The van der Waals surface area contributed by atoms with Crippen LogP contribution in [-0.2, 0) is 0 Å². The highest BCUT2D eigenvalue weighted by Gasteiger charge is 2.13. The zero-order valence-electron chi connectivity index (χ0n) is 17.1. The maximum absolute atomic E-state index is 13.3. The molecule has 3 aromatic carbocycles. The normalized spacial score (nSPS) is 10.4. The van der Waals surface area contributed by atoms with E-state index in [-0.39, 0.29) is 17.5 Å². The molecule has 0 unspecified atom stereocenters. The standard InChI is InChI=1S/C25H19FN2O4/c1-16-7-8-17(14-22(16)28-25(30)23-6-3-13-31-23)24(29)27-19-9-11-20(12-10-19)32-21-5-2-4-18(26)15-21/h2-15H,1H3,(H,27,29)(H,28,30). The minimum Gasteiger partial charge on any atom is -0.459 e. The van der Waals surface area contributed by atoms with E-state index in [2.05, 4.69) is 10.6 Å². The van der Waals surface area contributed by atoms with Crippen molar-refractivity contribution in [2.75, 3.05) is 10.6 Å². The molecule has 0 atom stereocenters.